The lowest BCUT2D eigenvalue weighted by molar-refractivity contribution is -0.328. The highest BCUT2D eigenvalue weighted by Crippen LogP contribution is 2.77. The lowest BCUT2D eigenvalue weighted by atomic mass is 9.37. The second-order valence-electron chi connectivity index (χ2n) is 15.5. The molecule has 0 amide bonds. The normalized spacial score (nSPS) is 46.5. The molecule has 49 heavy (non-hydrogen) atoms. The molecule has 272 valence electrons. The van der Waals surface area contributed by atoms with Crippen LogP contribution in [-0.2, 0) is 42.9 Å². The van der Waals surface area contributed by atoms with Crippen LogP contribution < -0.4 is 0 Å². The molecule has 1 aromatic heterocycles. The molecule has 2 saturated carbocycles. The Hall–Kier alpha value is -2.92. The summed E-state index contributed by atoms with van der Waals surface area (Å²) in [7, 11) is 0. The van der Waals surface area contributed by atoms with Crippen molar-refractivity contribution >= 4 is 23.7 Å². The number of ether oxygens (including phenoxy) is 5. The first-order valence-corrected chi connectivity index (χ1v) is 16.6. The topological polar surface area (TPSA) is 232 Å². The monoisotopic (exact) mass is 694 g/mol. The SMILES string of the molecule is CC(=O)O[C@@H]1CC(=O)OC(C)(C)[C@@H]2CC(=O)[C@]3(C)[C@H](CC[C@@](C)([C@@H](O[C@@H]4O[C@H](CO)[C@@H](O)[C@H](O)[C@H]4O)c4ccoc4)[C@@]34O[C@H]4C(=O)O)[C@@]12C. The van der Waals surface area contributed by atoms with Crippen LogP contribution in [0.2, 0.25) is 0 Å². The number of furan rings is 1. The summed E-state index contributed by atoms with van der Waals surface area (Å²) in [4.78, 5) is 53.4. The number of cyclic esters (lactones) is 1. The molecule has 1 aromatic rings. The van der Waals surface area contributed by atoms with Crippen LogP contribution in [0.3, 0.4) is 0 Å². The number of hydrogen-bond acceptors (Lipinski definition) is 14. The summed E-state index contributed by atoms with van der Waals surface area (Å²) in [6.45, 7) is 9.26. The summed E-state index contributed by atoms with van der Waals surface area (Å²) in [5.74, 6) is -4.14. The van der Waals surface area contributed by atoms with Crippen molar-refractivity contribution in [3.05, 3.63) is 24.2 Å². The number of ketones is 1. The molecule has 6 rings (SSSR count). The van der Waals surface area contributed by atoms with Gasteiger partial charge in [-0.1, -0.05) is 13.8 Å². The molecule has 4 heterocycles. The standard InChI is InChI=1S/C34H46O15/c1-15(36)45-21-12-22(38)48-30(2,3)19-11-20(37)33(6)18(32(19,21)5)7-9-31(4,34(33)27(49-34)28(42)43)26(16-8-10-44-14-16)47-29-25(41)24(40)23(39)17(13-35)46-29/h8,10,14,17-19,21,23-27,29,35,39-41H,7,9,11-13H2,1-6H3,(H,42,43)/t17-,18-,19+,21-,23-,24+,25-,26+,27+,29+,31+,32-,33+,34-/m1/s1. The number of rotatable bonds is 7. The Morgan fingerprint density at radius 2 is 1.71 bits per heavy atom. The molecule has 2 aliphatic carbocycles. The Morgan fingerprint density at radius 1 is 1.02 bits per heavy atom. The summed E-state index contributed by atoms with van der Waals surface area (Å²) in [6.07, 6.45) is -8.99. The van der Waals surface area contributed by atoms with E-state index in [-0.39, 0.29) is 31.5 Å². The number of Topliss-reactive ketones (excluding diaryl/α,β-unsaturated/α-hetero) is 1. The third-order valence-corrected chi connectivity index (χ3v) is 12.7. The molecule has 14 atom stereocenters. The Morgan fingerprint density at radius 3 is 2.29 bits per heavy atom. The van der Waals surface area contributed by atoms with Gasteiger partial charge in [-0.25, -0.2) is 4.79 Å². The van der Waals surface area contributed by atoms with Gasteiger partial charge in [0.05, 0.1) is 37.1 Å². The van der Waals surface area contributed by atoms with Crippen molar-refractivity contribution in [1.29, 1.82) is 0 Å². The van der Waals surface area contributed by atoms with Crippen LogP contribution in [-0.4, -0.2) is 110 Å². The number of aliphatic hydroxyl groups is 4. The average Bonchev–Trinajstić information content (AvgIpc) is 3.60. The number of esters is 2. The first-order chi connectivity index (χ1) is 22.8. The van der Waals surface area contributed by atoms with Crippen molar-refractivity contribution in [2.24, 2.45) is 28.1 Å². The number of aliphatic hydroxyl groups excluding tert-OH is 4. The predicted octanol–water partition coefficient (Wildman–Crippen LogP) is 1.03. The van der Waals surface area contributed by atoms with Crippen molar-refractivity contribution in [2.75, 3.05) is 6.61 Å². The first-order valence-electron chi connectivity index (χ1n) is 16.6. The summed E-state index contributed by atoms with van der Waals surface area (Å²) < 4.78 is 35.6. The molecule has 5 aliphatic rings. The molecule has 5 fully saturated rings. The van der Waals surface area contributed by atoms with Gasteiger partial charge >= 0.3 is 17.9 Å². The van der Waals surface area contributed by atoms with Crippen molar-refractivity contribution in [1.82, 2.24) is 0 Å². The van der Waals surface area contributed by atoms with E-state index in [0.29, 0.717) is 5.56 Å². The van der Waals surface area contributed by atoms with Gasteiger partial charge in [-0.3, -0.25) is 14.4 Å². The lowest BCUT2D eigenvalue weighted by Gasteiger charge is -2.65. The Kier molecular flexibility index (Phi) is 8.66. The van der Waals surface area contributed by atoms with Gasteiger partial charge < -0.3 is 53.6 Å². The summed E-state index contributed by atoms with van der Waals surface area (Å²) in [5.41, 5.74) is -6.51. The van der Waals surface area contributed by atoms with Crippen LogP contribution in [0.1, 0.15) is 78.9 Å². The molecule has 5 N–H and O–H groups in total. The zero-order valence-electron chi connectivity index (χ0n) is 28.4. The number of fused-ring (bicyclic) bond motifs is 4. The summed E-state index contributed by atoms with van der Waals surface area (Å²) in [5, 5.41) is 52.3. The fourth-order valence-electron chi connectivity index (χ4n) is 10.4. The van der Waals surface area contributed by atoms with E-state index in [1.165, 1.54) is 19.5 Å². The van der Waals surface area contributed by atoms with Gasteiger partial charge in [0.1, 0.15) is 47.5 Å². The Labute approximate surface area is 282 Å². The molecule has 3 aliphatic heterocycles. The van der Waals surface area contributed by atoms with Crippen molar-refractivity contribution < 1.29 is 72.8 Å². The summed E-state index contributed by atoms with van der Waals surface area (Å²) >= 11 is 0. The van der Waals surface area contributed by atoms with Crippen LogP contribution in [0.15, 0.2) is 23.0 Å². The zero-order chi connectivity index (χ0) is 36.1. The third-order valence-electron chi connectivity index (χ3n) is 12.7. The maximum Gasteiger partial charge on any atom is 0.335 e. The van der Waals surface area contributed by atoms with Gasteiger partial charge in [0.2, 0.25) is 0 Å². The third kappa shape index (κ3) is 4.94. The number of carboxylic acids is 1. The fraction of sp³-hybridized carbons (Fsp3) is 0.765. The predicted molar refractivity (Wildman–Crippen MR) is 162 cm³/mol. The zero-order valence-corrected chi connectivity index (χ0v) is 28.4. The van der Waals surface area contributed by atoms with Gasteiger partial charge in [0.15, 0.2) is 12.4 Å². The molecule has 1 spiro atoms. The summed E-state index contributed by atoms with van der Waals surface area (Å²) in [6, 6.07) is 1.58. The van der Waals surface area contributed by atoms with Gasteiger partial charge in [-0.15, -0.1) is 0 Å². The molecule has 0 aromatic carbocycles. The van der Waals surface area contributed by atoms with Crippen molar-refractivity contribution in [2.45, 2.75) is 127 Å². The lowest BCUT2D eigenvalue weighted by Crippen LogP contribution is -2.72. The van der Waals surface area contributed by atoms with E-state index in [4.69, 9.17) is 28.1 Å². The van der Waals surface area contributed by atoms with E-state index in [0.717, 1.165) is 0 Å². The van der Waals surface area contributed by atoms with Crippen molar-refractivity contribution in [3.63, 3.8) is 0 Å². The fourth-order valence-corrected chi connectivity index (χ4v) is 10.4. The van der Waals surface area contributed by atoms with Crippen LogP contribution in [0.25, 0.3) is 0 Å². The molecule has 3 saturated heterocycles. The van der Waals surface area contributed by atoms with Gasteiger partial charge in [-0.2, -0.15) is 0 Å². The molecule has 15 heteroatoms. The molecular formula is C34H46O15. The Bertz CT molecular complexity index is 1490. The minimum absolute atomic E-state index is 0.140. The van der Waals surface area contributed by atoms with Crippen molar-refractivity contribution in [3.8, 4) is 0 Å². The van der Waals surface area contributed by atoms with Crippen LogP contribution in [0.4, 0.5) is 0 Å². The molecule has 0 radical (unpaired) electrons. The van der Waals surface area contributed by atoms with E-state index >= 15 is 0 Å². The van der Waals surface area contributed by atoms with E-state index in [2.05, 4.69) is 0 Å². The maximum atomic E-state index is 14.8. The minimum Gasteiger partial charge on any atom is -0.479 e. The van der Waals surface area contributed by atoms with Crippen LogP contribution in [0.5, 0.6) is 0 Å². The largest absolute Gasteiger partial charge is 0.479 e. The highest BCUT2D eigenvalue weighted by Gasteiger charge is 2.87. The number of hydrogen-bond donors (Lipinski definition) is 5. The number of carbonyl (C=O) groups excluding carboxylic acids is 3. The van der Waals surface area contributed by atoms with Gasteiger partial charge in [0.25, 0.3) is 0 Å². The van der Waals surface area contributed by atoms with Crippen LogP contribution >= 0.6 is 0 Å². The van der Waals surface area contributed by atoms with Gasteiger partial charge in [0, 0.05) is 35.7 Å². The average molecular weight is 695 g/mol. The Balaban J connectivity index is 1.51. The highest BCUT2D eigenvalue weighted by molar-refractivity contribution is 5.92. The number of epoxide rings is 1. The molecule has 0 bridgehead atoms. The second kappa shape index (κ2) is 11.8. The first kappa shape index (κ1) is 35.9. The minimum atomic E-state index is -1.78. The van der Waals surface area contributed by atoms with E-state index < -0.39 is 113 Å². The highest BCUT2D eigenvalue weighted by atomic mass is 16.7. The second-order valence-corrected chi connectivity index (χ2v) is 15.5. The van der Waals surface area contributed by atoms with E-state index in [9.17, 15) is 44.7 Å². The quantitative estimate of drug-likeness (QED) is 0.198. The maximum absolute atomic E-state index is 14.8. The van der Waals surface area contributed by atoms with Gasteiger partial charge in [-0.05, 0) is 45.6 Å². The molecule has 15 nitrogen and oxygen atoms in total. The van der Waals surface area contributed by atoms with E-state index in [1.807, 2.05) is 6.92 Å². The smallest absolute Gasteiger partial charge is 0.335 e. The van der Waals surface area contributed by atoms with Crippen LogP contribution in [0, 0.1) is 28.1 Å². The number of aliphatic carboxylic acids is 1. The van der Waals surface area contributed by atoms with E-state index in [1.54, 1.807) is 33.8 Å². The molecule has 0 unspecified atom stereocenters. The number of carbonyl (C=O) groups is 4. The molecular weight excluding hydrogens is 648 g/mol. The number of carboxylic acid groups (broad SMARTS) is 1.